The van der Waals surface area contributed by atoms with Gasteiger partial charge in [0.15, 0.2) is 0 Å². The minimum Gasteiger partial charge on any atom is -0.352 e. The Morgan fingerprint density at radius 3 is 2.47 bits per heavy atom. The molecule has 1 saturated carbocycles. The molecule has 0 unspecified atom stereocenters. The fourth-order valence-electron chi connectivity index (χ4n) is 3.93. The van der Waals surface area contributed by atoms with Crippen LogP contribution in [0.3, 0.4) is 0 Å². The Kier molecular flexibility index (Phi) is 9.76. The molecule has 0 heterocycles. The van der Waals surface area contributed by atoms with Crippen molar-refractivity contribution in [3.05, 3.63) is 69.7 Å². The van der Waals surface area contributed by atoms with Gasteiger partial charge in [0.1, 0.15) is 6.04 Å². The van der Waals surface area contributed by atoms with Gasteiger partial charge in [-0.3, -0.25) is 9.59 Å². The van der Waals surface area contributed by atoms with Crippen LogP contribution in [0.2, 0.25) is 10.0 Å². The first kappa shape index (κ1) is 24.9. The molecule has 32 heavy (non-hydrogen) atoms. The molecule has 1 fully saturated rings. The van der Waals surface area contributed by atoms with E-state index in [4.69, 9.17) is 23.2 Å². The maximum absolute atomic E-state index is 13.1. The minimum absolute atomic E-state index is 0.0277. The molecular weight excluding hydrogens is 463 g/mol. The lowest BCUT2D eigenvalue weighted by Crippen LogP contribution is -2.51. The van der Waals surface area contributed by atoms with Crippen LogP contribution in [-0.2, 0) is 21.8 Å². The van der Waals surface area contributed by atoms with E-state index in [1.165, 1.54) is 11.8 Å². The number of hydrogen-bond donors (Lipinski definition) is 1. The number of thioether (sulfide) groups is 1. The molecule has 0 aliphatic heterocycles. The molecule has 172 valence electrons. The first-order chi connectivity index (χ1) is 15.4. The molecular formula is C25H30Cl2N2O2S. The third-order valence-corrected chi connectivity index (χ3v) is 7.56. The van der Waals surface area contributed by atoms with Crippen molar-refractivity contribution in [1.82, 2.24) is 10.2 Å². The number of carbonyl (C=O) groups is 2. The molecule has 0 bridgehead atoms. The second-order valence-electron chi connectivity index (χ2n) is 8.23. The van der Waals surface area contributed by atoms with Crippen LogP contribution in [0.25, 0.3) is 0 Å². The summed E-state index contributed by atoms with van der Waals surface area (Å²) in [6.45, 7) is 2.34. The summed E-state index contributed by atoms with van der Waals surface area (Å²) in [5.74, 6) is 0.862. The molecule has 7 heteroatoms. The van der Waals surface area contributed by atoms with Gasteiger partial charge in [-0.1, -0.05) is 72.4 Å². The number of rotatable bonds is 10. The van der Waals surface area contributed by atoms with Gasteiger partial charge in [0.2, 0.25) is 11.8 Å². The molecule has 1 aliphatic rings. The second kappa shape index (κ2) is 12.5. The van der Waals surface area contributed by atoms with Crippen LogP contribution in [0.15, 0.2) is 48.5 Å². The van der Waals surface area contributed by atoms with Crippen molar-refractivity contribution in [1.29, 1.82) is 0 Å². The highest BCUT2D eigenvalue weighted by molar-refractivity contribution is 7.99. The van der Waals surface area contributed by atoms with Crippen molar-refractivity contribution in [2.45, 2.75) is 56.9 Å². The Labute approximate surface area is 205 Å². The summed E-state index contributed by atoms with van der Waals surface area (Å²) < 4.78 is 0. The van der Waals surface area contributed by atoms with Crippen LogP contribution in [0.4, 0.5) is 0 Å². The standard InChI is InChI=1S/C25H30Cl2N2O2S/c1-18(25(31)28-21-9-5-6-10-21)29(14-13-19-7-3-2-4-8-19)24(30)17-32-16-20-11-12-22(26)23(27)15-20/h2-4,7-8,11-12,15,18,21H,5-6,9-10,13-14,16-17H2,1H3,(H,28,31)/t18-/m0/s1. The molecule has 1 atom stereocenters. The van der Waals surface area contributed by atoms with Crippen LogP contribution in [0.5, 0.6) is 0 Å². The largest absolute Gasteiger partial charge is 0.352 e. The van der Waals surface area contributed by atoms with Crippen molar-refractivity contribution in [3.63, 3.8) is 0 Å². The van der Waals surface area contributed by atoms with Gasteiger partial charge in [-0.2, -0.15) is 0 Å². The summed E-state index contributed by atoms with van der Waals surface area (Å²) >= 11 is 13.6. The van der Waals surface area contributed by atoms with Crippen LogP contribution < -0.4 is 5.32 Å². The third kappa shape index (κ3) is 7.43. The number of nitrogens with zero attached hydrogens (tertiary/aromatic N) is 1. The highest BCUT2D eigenvalue weighted by Gasteiger charge is 2.28. The highest BCUT2D eigenvalue weighted by atomic mass is 35.5. The van der Waals surface area contributed by atoms with E-state index < -0.39 is 6.04 Å². The van der Waals surface area contributed by atoms with E-state index in [1.807, 2.05) is 49.4 Å². The predicted molar refractivity (Wildman–Crippen MR) is 134 cm³/mol. The molecule has 2 aromatic rings. The molecule has 1 N–H and O–H groups in total. The molecule has 0 radical (unpaired) electrons. The molecule has 4 nitrogen and oxygen atoms in total. The van der Waals surface area contributed by atoms with Crippen molar-refractivity contribution in [2.75, 3.05) is 12.3 Å². The molecule has 0 spiro atoms. The molecule has 2 amide bonds. The van der Waals surface area contributed by atoms with Gasteiger partial charge in [-0.05, 0) is 49.4 Å². The average molecular weight is 494 g/mol. The molecule has 0 aromatic heterocycles. The third-order valence-electron chi connectivity index (χ3n) is 5.83. The summed E-state index contributed by atoms with van der Waals surface area (Å²) in [5, 5.41) is 4.17. The number of nitrogens with one attached hydrogen (secondary N) is 1. The van der Waals surface area contributed by atoms with E-state index >= 15 is 0 Å². The maximum atomic E-state index is 13.1. The summed E-state index contributed by atoms with van der Waals surface area (Å²) in [4.78, 5) is 27.7. The monoisotopic (exact) mass is 492 g/mol. The van der Waals surface area contributed by atoms with E-state index in [0.29, 0.717) is 34.5 Å². The van der Waals surface area contributed by atoms with Crippen LogP contribution in [-0.4, -0.2) is 41.1 Å². The van der Waals surface area contributed by atoms with Gasteiger partial charge in [0, 0.05) is 18.3 Å². The van der Waals surface area contributed by atoms with Gasteiger partial charge in [0.05, 0.1) is 15.8 Å². The number of halogens is 2. The number of carbonyl (C=O) groups excluding carboxylic acids is 2. The zero-order chi connectivity index (χ0) is 22.9. The van der Waals surface area contributed by atoms with Gasteiger partial charge in [-0.25, -0.2) is 0 Å². The summed E-state index contributed by atoms with van der Waals surface area (Å²) in [6.07, 6.45) is 5.07. The fraction of sp³-hybridized carbons (Fsp3) is 0.440. The Morgan fingerprint density at radius 1 is 1.06 bits per heavy atom. The Balaban J connectivity index is 1.60. The van der Waals surface area contributed by atoms with Crippen molar-refractivity contribution < 1.29 is 9.59 Å². The zero-order valence-corrected chi connectivity index (χ0v) is 20.7. The topological polar surface area (TPSA) is 49.4 Å². The summed E-state index contributed by atoms with van der Waals surface area (Å²) in [5.41, 5.74) is 2.16. The van der Waals surface area contributed by atoms with Crippen LogP contribution in [0, 0.1) is 0 Å². The van der Waals surface area contributed by atoms with Gasteiger partial charge < -0.3 is 10.2 Å². The Bertz CT molecular complexity index is 904. The quantitative estimate of drug-likeness (QED) is 0.459. The summed E-state index contributed by atoms with van der Waals surface area (Å²) in [6, 6.07) is 15.3. The molecule has 3 rings (SSSR count). The smallest absolute Gasteiger partial charge is 0.242 e. The average Bonchev–Trinajstić information content (AvgIpc) is 3.30. The molecule has 2 aromatic carbocycles. The summed E-state index contributed by atoms with van der Waals surface area (Å²) in [7, 11) is 0. The maximum Gasteiger partial charge on any atom is 0.242 e. The van der Waals surface area contributed by atoms with Crippen LogP contribution >= 0.6 is 35.0 Å². The first-order valence-electron chi connectivity index (χ1n) is 11.1. The lowest BCUT2D eigenvalue weighted by molar-refractivity contribution is -0.138. The van der Waals surface area contributed by atoms with Gasteiger partial charge in [0.25, 0.3) is 0 Å². The highest BCUT2D eigenvalue weighted by Crippen LogP contribution is 2.25. The van der Waals surface area contributed by atoms with Gasteiger partial charge in [-0.15, -0.1) is 11.8 Å². The normalized spacial score (nSPS) is 14.8. The fourth-order valence-corrected chi connectivity index (χ4v) is 5.11. The lowest BCUT2D eigenvalue weighted by Gasteiger charge is -2.29. The number of benzene rings is 2. The van der Waals surface area contributed by atoms with Crippen LogP contribution in [0.1, 0.15) is 43.7 Å². The van der Waals surface area contributed by atoms with Crippen molar-refractivity contribution >= 4 is 46.8 Å². The second-order valence-corrected chi connectivity index (χ2v) is 10.0. The minimum atomic E-state index is -0.502. The molecule has 1 aliphatic carbocycles. The Morgan fingerprint density at radius 2 is 1.78 bits per heavy atom. The van der Waals surface area contributed by atoms with E-state index in [2.05, 4.69) is 5.32 Å². The van der Waals surface area contributed by atoms with E-state index in [9.17, 15) is 9.59 Å². The Hall–Kier alpha value is -1.69. The number of hydrogen-bond acceptors (Lipinski definition) is 3. The number of amides is 2. The van der Waals surface area contributed by atoms with E-state index in [1.54, 1.807) is 11.0 Å². The van der Waals surface area contributed by atoms with E-state index in [-0.39, 0.29) is 17.9 Å². The van der Waals surface area contributed by atoms with Crippen molar-refractivity contribution in [2.24, 2.45) is 0 Å². The van der Waals surface area contributed by atoms with E-state index in [0.717, 1.165) is 36.8 Å². The lowest BCUT2D eigenvalue weighted by atomic mass is 10.1. The van der Waals surface area contributed by atoms with Gasteiger partial charge >= 0.3 is 0 Å². The van der Waals surface area contributed by atoms with Crippen molar-refractivity contribution in [3.8, 4) is 0 Å². The molecule has 0 saturated heterocycles. The SMILES string of the molecule is C[C@@H](C(=O)NC1CCCC1)N(CCc1ccccc1)C(=O)CSCc1ccc(Cl)c(Cl)c1. The first-order valence-corrected chi connectivity index (χ1v) is 13.0. The predicted octanol–water partition coefficient (Wildman–Crippen LogP) is 5.75. The zero-order valence-electron chi connectivity index (χ0n) is 18.4.